The third-order valence-electron chi connectivity index (χ3n) is 2.10. The maximum atomic E-state index is 9.54. The minimum absolute atomic E-state index is 0.237. The molecule has 0 spiro atoms. The molecular formula is C13H10BrNO. The average molecular weight is 276 g/mol. The molecule has 0 amide bonds. The van der Waals surface area contributed by atoms with Gasteiger partial charge >= 0.3 is 0 Å². The number of aromatic hydroxyl groups is 1. The number of para-hydroxylation sites is 1. The maximum Gasteiger partial charge on any atom is 0.124 e. The zero-order chi connectivity index (χ0) is 11.4. The molecule has 0 saturated carbocycles. The highest BCUT2D eigenvalue weighted by atomic mass is 79.9. The minimum atomic E-state index is 0.237. The number of benzene rings is 2. The van der Waals surface area contributed by atoms with E-state index < -0.39 is 0 Å². The molecule has 2 nitrogen and oxygen atoms in total. The molecule has 2 aromatic carbocycles. The van der Waals surface area contributed by atoms with Gasteiger partial charge in [-0.3, -0.25) is 4.99 Å². The van der Waals surface area contributed by atoms with Crippen LogP contribution in [0.3, 0.4) is 0 Å². The smallest absolute Gasteiger partial charge is 0.124 e. The lowest BCUT2D eigenvalue weighted by atomic mass is 10.2. The Morgan fingerprint density at radius 3 is 2.62 bits per heavy atom. The molecule has 16 heavy (non-hydrogen) atoms. The summed E-state index contributed by atoms with van der Waals surface area (Å²) in [6.45, 7) is 0. The second-order valence-electron chi connectivity index (χ2n) is 3.30. The van der Waals surface area contributed by atoms with Crippen molar-refractivity contribution in [3.8, 4) is 5.75 Å². The van der Waals surface area contributed by atoms with Gasteiger partial charge in [0, 0.05) is 16.3 Å². The molecule has 0 heterocycles. The lowest BCUT2D eigenvalue weighted by Crippen LogP contribution is -1.80. The largest absolute Gasteiger partial charge is 0.507 e. The van der Waals surface area contributed by atoms with Crippen molar-refractivity contribution in [3.63, 3.8) is 0 Å². The molecule has 1 N–H and O–H groups in total. The molecule has 0 atom stereocenters. The second-order valence-corrected chi connectivity index (χ2v) is 4.21. The summed E-state index contributed by atoms with van der Waals surface area (Å²) in [5.41, 5.74) is 1.56. The lowest BCUT2D eigenvalue weighted by molar-refractivity contribution is 0.474. The van der Waals surface area contributed by atoms with Gasteiger partial charge in [-0.15, -0.1) is 0 Å². The fourth-order valence-corrected chi connectivity index (χ4v) is 1.68. The minimum Gasteiger partial charge on any atom is -0.507 e. The summed E-state index contributed by atoms with van der Waals surface area (Å²) in [6.07, 6.45) is 1.65. The number of hydrogen-bond acceptors (Lipinski definition) is 2. The highest BCUT2D eigenvalue weighted by Gasteiger charge is 1.95. The highest BCUT2D eigenvalue weighted by molar-refractivity contribution is 9.10. The van der Waals surface area contributed by atoms with E-state index in [4.69, 9.17) is 0 Å². The first-order valence-corrected chi connectivity index (χ1v) is 5.62. The Kier molecular flexibility index (Phi) is 3.37. The highest BCUT2D eigenvalue weighted by Crippen LogP contribution is 2.19. The Morgan fingerprint density at radius 1 is 1.06 bits per heavy atom. The van der Waals surface area contributed by atoms with Gasteiger partial charge in [0.25, 0.3) is 0 Å². The SMILES string of the molecule is Oc1ccccc1/C=N/c1cccc(Br)c1. The van der Waals surface area contributed by atoms with Crippen LogP contribution in [0.25, 0.3) is 0 Å². The molecule has 0 saturated heterocycles. The van der Waals surface area contributed by atoms with Crippen molar-refractivity contribution in [1.29, 1.82) is 0 Å². The molecule has 2 rings (SSSR count). The van der Waals surface area contributed by atoms with Crippen molar-refractivity contribution in [3.05, 3.63) is 58.6 Å². The van der Waals surface area contributed by atoms with Crippen LogP contribution in [0.4, 0.5) is 5.69 Å². The summed E-state index contributed by atoms with van der Waals surface area (Å²) in [5, 5.41) is 9.54. The van der Waals surface area contributed by atoms with E-state index in [1.54, 1.807) is 18.3 Å². The van der Waals surface area contributed by atoms with Gasteiger partial charge in [0.05, 0.1) is 5.69 Å². The van der Waals surface area contributed by atoms with Gasteiger partial charge in [-0.2, -0.15) is 0 Å². The second kappa shape index (κ2) is 4.94. The van der Waals surface area contributed by atoms with Gasteiger partial charge in [0.2, 0.25) is 0 Å². The molecule has 0 fully saturated rings. The van der Waals surface area contributed by atoms with E-state index in [1.165, 1.54) is 0 Å². The van der Waals surface area contributed by atoms with Crippen molar-refractivity contribution in [2.24, 2.45) is 4.99 Å². The Hall–Kier alpha value is -1.61. The van der Waals surface area contributed by atoms with E-state index in [0.29, 0.717) is 5.56 Å². The van der Waals surface area contributed by atoms with Crippen LogP contribution in [0.2, 0.25) is 0 Å². The quantitative estimate of drug-likeness (QED) is 0.829. The molecule has 0 aliphatic carbocycles. The Bertz CT molecular complexity index is 523. The third-order valence-corrected chi connectivity index (χ3v) is 2.59. The predicted octanol–water partition coefficient (Wildman–Crippen LogP) is 3.91. The van der Waals surface area contributed by atoms with Crippen LogP contribution < -0.4 is 0 Å². The van der Waals surface area contributed by atoms with E-state index in [2.05, 4.69) is 20.9 Å². The molecule has 0 aromatic heterocycles. The summed E-state index contributed by atoms with van der Waals surface area (Å²) in [6, 6.07) is 14.8. The molecule has 2 aromatic rings. The summed E-state index contributed by atoms with van der Waals surface area (Å²) >= 11 is 3.38. The van der Waals surface area contributed by atoms with E-state index in [9.17, 15) is 5.11 Å². The Balaban J connectivity index is 2.25. The zero-order valence-corrected chi connectivity index (χ0v) is 10.1. The van der Waals surface area contributed by atoms with Crippen molar-refractivity contribution in [1.82, 2.24) is 0 Å². The van der Waals surface area contributed by atoms with Crippen LogP contribution in [0, 0.1) is 0 Å². The van der Waals surface area contributed by atoms with Crippen LogP contribution in [0.1, 0.15) is 5.56 Å². The standard InChI is InChI=1S/C13H10BrNO/c14-11-5-3-6-12(8-11)15-9-10-4-1-2-7-13(10)16/h1-9,16H/b15-9+. The molecule has 0 unspecified atom stereocenters. The summed E-state index contributed by atoms with van der Waals surface area (Å²) in [7, 11) is 0. The summed E-state index contributed by atoms with van der Waals surface area (Å²) in [5.74, 6) is 0.237. The maximum absolute atomic E-state index is 9.54. The van der Waals surface area contributed by atoms with Gasteiger partial charge in [-0.25, -0.2) is 0 Å². The number of hydrogen-bond donors (Lipinski definition) is 1. The molecule has 3 heteroatoms. The van der Waals surface area contributed by atoms with Gasteiger partial charge in [0.15, 0.2) is 0 Å². The van der Waals surface area contributed by atoms with Crippen molar-refractivity contribution < 1.29 is 5.11 Å². The van der Waals surface area contributed by atoms with Crippen molar-refractivity contribution in [2.45, 2.75) is 0 Å². The molecule has 0 radical (unpaired) electrons. The van der Waals surface area contributed by atoms with E-state index in [-0.39, 0.29) is 5.75 Å². The number of aliphatic imine (C=N–C) groups is 1. The Morgan fingerprint density at radius 2 is 1.88 bits per heavy atom. The predicted molar refractivity (Wildman–Crippen MR) is 69.5 cm³/mol. The monoisotopic (exact) mass is 275 g/mol. The van der Waals surface area contributed by atoms with E-state index in [0.717, 1.165) is 10.2 Å². The zero-order valence-electron chi connectivity index (χ0n) is 8.47. The van der Waals surface area contributed by atoms with E-state index >= 15 is 0 Å². The first-order chi connectivity index (χ1) is 7.75. The van der Waals surface area contributed by atoms with Gasteiger partial charge in [-0.1, -0.05) is 34.1 Å². The first-order valence-electron chi connectivity index (χ1n) is 4.83. The first kappa shape index (κ1) is 10.9. The number of halogens is 1. The van der Waals surface area contributed by atoms with Crippen LogP contribution >= 0.6 is 15.9 Å². The fraction of sp³-hybridized carbons (Fsp3) is 0. The van der Waals surface area contributed by atoms with Crippen LogP contribution in [0.5, 0.6) is 5.75 Å². The summed E-state index contributed by atoms with van der Waals surface area (Å²) in [4.78, 5) is 4.28. The summed E-state index contributed by atoms with van der Waals surface area (Å²) < 4.78 is 0.986. The molecule has 0 aliphatic rings. The molecular weight excluding hydrogens is 266 g/mol. The topological polar surface area (TPSA) is 32.6 Å². The lowest BCUT2D eigenvalue weighted by Gasteiger charge is -1.97. The normalized spacial score (nSPS) is 10.8. The van der Waals surface area contributed by atoms with Crippen LogP contribution in [-0.2, 0) is 0 Å². The van der Waals surface area contributed by atoms with Gasteiger partial charge < -0.3 is 5.11 Å². The van der Waals surface area contributed by atoms with Crippen LogP contribution in [0.15, 0.2) is 58.0 Å². The number of nitrogens with zero attached hydrogens (tertiary/aromatic N) is 1. The average Bonchev–Trinajstić information content (AvgIpc) is 2.28. The number of rotatable bonds is 2. The van der Waals surface area contributed by atoms with E-state index in [1.807, 2.05) is 36.4 Å². The number of phenols is 1. The third kappa shape index (κ3) is 2.70. The molecule has 80 valence electrons. The van der Waals surface area contributed by atoms with Crippen LogP contribution in [-0.4, -0.2) is 11.3 Å². The molecule has 0 aliphatic heterocycles. The Labute approximate surface area is 102 Å². The molecule has 0 bridgehead atoms. The number of phenolic OH excluding ortho intramolecular Hbond substituents is 1. The van der Waals surface area contributed by atoms with Gasteiger partial charge in [-0.05, 0) is 30.3 Å². The van der Waals surface area contributed by atoms with Gasteiger partial charge in [0.1, 0.15) is 5.75 Å². The fourth-order valence-electron chi connectivity index (χ4n) is 1.30. The van der Waals surface area contributed by atoms with Crippen molar-refractivity contribution >= 4 is 27.8 Å². The van der Waals surface area contributed by atoms with Crippen molar-refractivity contribution in [2.75, 3.05) is 0 Å².